The first kappa shape index (κ1) is 21.1. The van der Waals surface area contributed by atoms with E-state index in [9.17, 15) is 0 Å². The van der Waals surface area contributed by atoms with Gasteiger partial charge in [-0.2, -0.15) is 0 Å². The molecular formula is C27H41NO. The van der Waals surface area contributed by atoms with E-state index in [4.69, 9.17) is 4.74 Å². The summed E-state index contributed by atoms with van der Waals surface area (Å²) in [5.74, 6) is 1.50. The largest absolute Gasteiger partial charge is 0.383 e. The summed E-state index contributed by atoms with van der Waals surface area (Å²) in [7, 11) is 1.87. The fraction of sp³-hybridized carbons (Fsp3) is 0.704. The zero-order valence-electron chi connectivity index (χ0n) is 18.8. The van der Waals surface area contributed by atoms with Crippen molar-refractivity contribution in [1.29, 1.82) is 0 Å². The number of benzene rings is 1. The Morgan fingerprint density at radius 1 is 0.966 bits per heavy atom. The van der Waals surface area contributed by atoms with E-state index in [1.807, 2.05) is 7.11 Å². The van der Waals surface area contributed by atoms with Crippen LogP contribution in [0.4, 0.5) is 0 Å². The highest BCUT2D eigenvalue weighted by atomic mass is 16.5. The van der Waals surface area contributed by atoms with Crippen LogP contribution < -0.4 is 5.32 Å². The van der Waals surface area contributed by atoms with Crippen LogP contribution in [0, 0.1) is 5.92 Å². The van der Waals surface area contributed by atoms with Gasteiger partial charge in [0.1, 0.15) is 0 Å². The summed E-state index contributed by atoms with van der Waals surface area (Å²) in [6, 6.07) is 7.22. The molecule has 0 heterocycles. The first-order valence-corrected chi connectivity index (χ1v) is 12.3. The van der Waals surface area contributed by atoms with Crippen molar-refractivity contribution in [3.63, 3.8) is 0 Å². The lowest BCUT2D eigenvalue weighted by Gasteiger charge is -2.31. The second-order valence-corrected chi connectivity index (χ2v) is 9.81. The number of rotatable bonds is 8. The van der Waals surface area contributed by atoms with Crippen molar-refractivity contribution in [1.82, 2.24) is 5.32 Å². The molecule has 2 fully saturated rings. The van der Waals surface area contributed by atoms with Crippen molar-refractivity contribution < 1.29 is 4.74 Å². The first-order valence-electron chi connectivity index (χ1n) is 12.3. The predicted octanol–water partition coefficient (Wildman–Crippen LogP) is 6.60. The summed E-state index contributed by atoms with van der Waals surface area (Å²) in [6.45, 7) is 5.10. The Kier molecular flexibility index (Phi) is 7.13. The van der Waals surface area contributed by atoms with Gasteiger partial charge in [0.2, 0.25) is 0 Å². The van der Waals surface area contributed by atoms with E-state index >= 15 is 0 Å². The van der Waals surface area contributed by atoms with Crippen LogP contribution in [-0.2, 0) is 10.2 Å². The number of fused-ring (bicyclic) bond motifs is 1. The highest BCUT2D eigenvalue weighted by Crippen LogP contribution is 2.51. The standard InChI is InChI=1S/C27H41NO/c1-3-17-28-19-27(20-29-2)18-24(22-13-8-5-9-14-22)26-23(15-10-16-25(26)27)21-11-6-4-7-12-21/h10,15-16,18,21-22,28H,3-9,11-14,17,19-20H2,1-2H3. The minimum absolute atomic E-state index is 0.00326. The third-order valence-electron chi connectivity index (χ3n) is 7.71. The van der Waals surface area contributed by atoms with Crippen molar-refractivity contribution in [3.8, 4) is 0 Å². The third-order valence-corrected chi connectivity index (χ3v) is 7.71. The molecule has 4 rings (SSSR count). The Labute approximate surface area is 178 Å². The van der Waals surface area contributed by atoms with Crippen LogP contribution in [0.15, 0.2) is 24.3 Å². The zero-order chi connectivity index (χ0) is 20.1. The number of hydrogen-bond acceptors (Lipinski definition) is 2. The number of ether oxygens (including phenoxy) is 1. The summed E-state index contributed by atoms with van der Waals surface area (Å²) in [5, 5.41) is 3.74. The Bertz CT molecular complexity index is 696. The van der Waals surface area contributed by atoms with Crippen molar-refractivity contribution in [2.75, 3.05) is 26.8 Å². The van der Waals surface area contributed by atoms with Gasteiger partial charge in [-0.25, -0.2) is 0 Å². The Hall–Kier alpha value is -1.12. The molecule has 0 radical (unpaired) electrons. The molecule has 0 spiro atoms. The van der Waals surface area contributed by atoms with Gasteiger partial charge in [-0.15, -0.1) is 0 Å². The number of nitrogens with one attached hydrogen (secondary N) is 1. The molecule has 3 aliphatic rings. The molecule has 0 aromatic heterocycles. The van der Waals surface area contributed by atoms with Gasteiger partial charge in [-0.3, -0.25) is 0 Å². The van der Waals surface area contributed by atoms with Gasteiger partial charge in [-0.1, -0.05) is 69.7 Å². The molecule has 1 N–H and O–H groups in total. The molecule has 0 amide bonds. The number of methoxy groups -OCH3 is 1. The van der Waals surface area contributed by atoms with Gasteiger partial charge in [0.25, 0.3) is 0 Å². The molecule has 0 bridgehead atoms. The molecule has 160 valence electrons. The van der Waals surface area contributed by atoms with Crippen LogP contribution in [0.3, 0.4) is 0 Å². The van der Waals surface area contributed by atoms with Crippen LogP contribution in [0.25, 0.3) is 5.57 Å². The van der Waals surface area contributed by atoms with Gasteiger partial charge in [0.15, 0.2) is 0 Å². The summed E-state index contributed by atoms with van der Waals surface area (Å²) in [4.78, 5) is 0. The highest BCUT2D eigenvalue weighted by Gasteiger charge is 2.41. The van der Waals surface area contributed by atoms with Gasteiger partial charge in [-0.05, 0) is 72.7 Å². The van der Waals surface area contributed by atoms with E-state index in [1.165, 1.54) is 70.6 Å². The zero-order valence-corrected chi connectivity index (χ0v) is 18.8. The van der Waals surface area contributed by atoms with Crippen molar-refractivity contribution in [2.24, 2.45) is 5.92 Å². The molecule has 1 aromatic rings. The maximum atomic E-state index is 5.85. The quantitative estimate of drug-likeness (QED) is 0.501. The molecule has 0 aliphatic heterocycles. The lowest BCUT2D eigenvalue weighted by Crippen LogP contribution is -2.39. The molecular weight excluding hydrogens is 354 g/mol. The summed E-state index contributed by atoms with van der Waals surface area (Å²) in [6.07, 6.45) is 17.8. The average molecular weight is 396 g/mol. The minimum Gasteiger partial charge on any atom is -0.383 e. The maximum absolute atomic E-state index is 5.85. The van der Waals surface area contributed by atoms with Crippen LogP contribution in [-0.4, -0.2) is 26.8 Å². The minimum atomic E-state index is -0.00326. The van der Waals surface area contributed by atoms with Gasteiger partial charge in [0, 0.05) is 13.7 Å². The van der Waals surface area contributed by atoms with E-state index < -0.39 is 0 Å². The molecule has 3 aliphatic carbocycles. The fourth-order valence-electron chi connectivity index (χ4n) is 6.31. The van der Waals surface area contributed by atoms with Gasteiger partial charge in [0.05, 0.1) is 12.0 Å². The van der Waals surface area contributed by atoms with Crippen LogP contribution in [0.5, 0.6) is 0 Å². The summed E-state index contributed by atoms with van der Waals surface area (Å²) in [5.41, 5.74) is 6.52. The van der Waals surface area contributed by atoms with Crippen molar-refractivity contribution in [2.45, 2.75) is 88.9 Å². The SMILES string of the molecule is CCCNCC1(COC)C=C(C2CCCCC2)c2c(C3CCCCC3)cccc21. The summed E-state index contributed by atoms with van der Waals surface area (Å²) >= 11 is 0. The first-order chi connectivity index (χ1) is 14.3. The van der Waals surface area contributed by atoms with E-state index in [1.54, 1.807) is 22.3 Å². The molecule has 2 nitrogen and oxygen atoms in total. The van der Waals surface area contributed by atoms with Gasteiger partial charge < -0.3 is 10.1 Å². The molecule has 2 heteroatoms. The smallest absolute Gasteiger partial charge is 0.0606 e. The third kappa shape index (κ3) is 4.35. The highest BCUT2D eigenvalue weighted by molar-refractivity contribution is 5.81. The normalized spacial score (nSPS) is 25.8. The van der Waals surface area contributed by atoms with E-state index in [0.717, 1.165) is 31.5 Å². The molecule has 29 heavy (non-hydrogen) atoms. The predicted molar refractivity (Wildman–Crippen MR) is 124 cm³/mol. The molecule has 1 unspecified atom stereocenters. The van der Waals surface area contributed by atoms with E-state index in [-0.39, 0.29) is 5.41 Å². The average Bonchev–Trinajstić information content (AvgIpc) is 3.10. The van der Waals surface area contributed by atoms with E-state index in [0.29, 0.717) is 0 Å². The lowest BCUT2D eigenvalue weighted by molar-refractivity contribution is 0.151. The van der Waals surface area contributed by atoms with Crippen LogP contribution in [0.2, 0.25) is 0 Å². The number of allylic oxidation sites excluding steroid dienone is 1. The molecule has 2 saturated carbocycles. The van der Waals surface area contributed by atoms with Crippen molar-refractivity contribution >= 4 is 5.57 Å². The second kappa shape index (κ2) is 9.79. The maximum Gasteiger partial charge on any atom is 0.0606 e. The van der Waals surface area contributed by atoms with E-state index in [2.05, 4.69) is 36.5 Å². The van der Waals surface area contributed by atoms with Crippen molar-refractivity contribution in [3.05, 3.63) is 41.0 Å². The molecule has 1 aromatic carbocycles. The number of hydrogen-bond donors (Lipinski definition) is 1. The lowest BCUT2D eigenvalue weighted by atomic mass is 9.75. The Morgan fingerprint density at radius 3 is 2.31 bits per heavy atom. The molecule has 1 atom stereocenters. The topological polar surface area (TPSA) is 21.3 Å². The fourth-order valence-corrected chi connectivity index (χ4v) is 6.31. The monoisotopic (exact) mass is 395 g/mol. The Morgan fingerprint density at radius 2 is 1.66 bits per heavy atom. The Balaban J connectivity index is 1.77. The second-order valence-electron chi connectivity index (χ2n) is 9.81. The summed E-state index contributed by atoms with van der Waals surface area (Å²) < 4.78 is 5.85. The van der Waals surface area contributed by atoms with Crippen LogP contribution in [0.1, 0.15) is 100 Å². The molecule has 0 saturated heterocycles. The van der Waals surface area contributed by atoms with Crippen LogP contribution >= 0.6 is 0 Å². The van der Waals surface area contributed by atoms with Gasteiger partial charge >= 0.3 is 0 Å².